The lowest BCUT2D eigenvalue weighted by Gasteiger charge is -1.99. The van der Waals surface area contributed by atoms with Gasteiger partial charge in [-0.25, -0.2) is 4.79 Å². The van der Waals surface area contributed by atoms with Crippen molar-refractivity contribution in [1.29, 1.82) is 0 Å². The minimum absolute atomic E-state index is 0.195. The van der Waals surface area contributed by atoms with E-state index < -0.39 is 11.9 Å². The van der Waals surface area contributed by atoms with Crippen molar-refractivity contribution < 1.29 is 14.7 Å². The highest BCUT2D eigenvalue weighted by Gasteiger charge is 2.33. The van der Waals surface area contributed by atoms with Gasteiger partial charge in [-0.3, -0.25) is 4.79 Å². The zero-order valence-electron chi connectivity index (χ0n) is 10.1. The summed E-state index contributed by atoms with van der Waals surface area (Å²) in [5, 5.41) is 14.3. The van der Waals surface area contributed by atoms with Crippen LogP contribution < -0.4 is 5.43 Å². The van der Waals surface area contributed by atoms with Crippen molar-refractivity contribution in [1.82, 2.24) is 5.43 Å². The highest BCUT2D eigenvalue weighted by atomic mass is 32.2. The summed E-state index contributed by atoms with van der Waals surface area (Å²) in [5.74, 6) is -1.02. The Bertz CT molecular complexity index is 546. The zero-order chi connectivity index (χ0) is 13.4. The van der Waals surface area contributed by atoms with Crippen molar-refractivity contribution in [3.8, 4) is 0 Å². The molecular weight excluding hydrogens is 266 g/mol. The van der Waals surface area contributed by atoms with Gasteiger partial charge in [0, 0.05) is 17.1 Å². The van der Waals surface area contributed by atoms with Crippen molar-refractivity contribution in [2.75, 3.05) is 0 Å². The van der Waals surface area contributed by atoms with Crippen LogP contribution in [-0.4, -0.2) is 27.2 Å². The van der Waals surface area contributed by atoms with Crippen LogP contribution in [0.2, 0.25) is 0 Å². The van der Waals surface area contributed by atoms with Gasteiger partial charge >= 0.3 is 5.97 Å². The van der Waals surface area contributed by atoms with Crippen LogP contribution in [-0.2, 0) is 9.59 Å². The van der Waals surface area contributed by atoms with Crippen LogP contribution >= 0.6 is 11.8 Å². The van der Waals surface area contributed by atoms with Gasteiger partial charge in [-0.15, -0.1) is 10.5 Å². The number of thioether (sulfide) groups is 1. The van der Waals surface area contributed by atoms with Gasteiger partial charge in [0.2, 0.25) is 5.17 Å². The molecule has 0 bridgehead atoms. The second kappa shape index (κ2) is 4.80. The molecule has 0 unspecified atom stereocenters. The molecule has 0 aromatic heterocycles. The molecule has 19 heavy (non-hydrogen) atoms. The standard InChI is InChI=1S/C12H12N3O3S/c16-9(7-2-1-3-8(7)11(17)18)13-12-15-14-10(19-12)6-4-5-6/h6H,1-5H2,(H,17,18). The monoisotopic (exact) mass is 278 g/mol. The lowest BCUT2D eigenvalue weighted by atomic mass is 10.1. The first-order chi connectivity index (χ1) is 9.15. The Labute approximate surface area is 114 Å². The van der Waals surface area contributed by atoms with Gasteiger partial charge in [0.15, 0.2) is 0 Å². The Balaban J connectivity index is 1.72. The van der Waals surface area contributed by atoms with Crippen LogP contribution in [0, 0.1) is 5.92 Å². The number of amidine groups is 1. The second-order valence-electron chi connectivity index (χ2n) is 4.73. The molecule has 99 valence electrons. The molecule has 1 amide bonds. The molecule has 0 atom stereocenters. The third-order valence-corrected chi connectivity index (χ3v) is 4.27. The average molecular weight is 278 g/mol. The first kappa shape index (κ1) is 12.4. The molecule has 0 spiro atoms. The SMILES string of the molecule is O=C(O)C1=C(C(=O)N=C2[N]N=C(C3CC3)S2)CCC1. The lowest BCUT2D eigenvalue weighted by molar-refractivity contribution is -0.133. The second-order valence-corrected chi connectivity index (χ2v) is 5.72. The molecule has 1 radical (unpaired) electrons. The number of nitrogens with zero attached hydrogens (tertiary/aromatic N) is 3. The van der Waals surface area contributed by atoms with Crippen molar-refractivity contribution in [2.24, 2.45) is 16.0 Å². The van der Waals surface area contributed by atoms with Gasteiger partial charge in [-0.05, 0) is 43.9 Å². The number of carboxylic acids is 1. The number of aliphatic carboxylic acids is 1. The number of carboxylic acid groups (broad SMARTS) is 1. The molecule has 1 saturated carbocycles. The molecular formula is C12H12N3O3S. The van der Waals surface area contributed by atoms with E-state index in [4.69, 9.17) is 5.11 Å². The van der Waals surface area contributed by atoms with Gasteiger partial charge in [-0.2, -0.15) is 4.99 Å². The molecule has 1 fully saturated rings. The van der Waals surface area contributed by atoms with Crippen molar-refractivity contribution in [3.63, 3.8) is 0 Å². The topological polar surface area (TPSA) is 93.2 Å². The number of carbonyl (C=O) groups is 2. The molecule has 0 saturated heterocycles. The van der Waals surface area contributed by atoms with E-state index >= 15 is 0 Å². The number of amides is 1. The number of aliphatic imine (C=N–C) groups is 1. The average Bonchev–Trinajstić information content (AvgIpc) is 2.92. The summed E-state index contributed by atoms with van der Waals surface area (Å²) in [6.07, 6.45) is 3.86. The summed E-state index contributed by atoms with van der Waals surface area (Å²) in [6.45, 7) is 0. The zero-order valence-corrected chi connectivity index (χ0v) is 10.9. The Morgan fingerprint density at radius 1 is 1.26 bits per heavy atom. The summed E-state index contributed by atoms with van der Waals surface area (Å²) in [7, 11) is 0. The van der Waals surface area contributed by atoms with E-state index in [-0.39, 0.29) is 5.57 Å². The van der Waals surface area contributed by atoms with Crippen LogP contribution in [0.1, 0.15) is 32.1 Å². The van der Waals surface area contributed by atoms with Crippen molar-refractivity contribution in [2.45, 2.75) is 32.1 Å². The van der Waals surface area contributed by atoms with E-state index in [1.165, 1.54) is 11.8 Å². The first-order valence-corrected chi connectivity index (χ1v) is 7.01. The minimum atomic E-state index is -1.02. The lowest BCUT2D eigenvalue weighted by Crippen LogP contribution is -2.09. The number of carbonyl (C=O) groups excluding carboxylic acids is 1. The highest BCUT2D eigenvalue weighted by Crippen LogP contribution is 2.37. The quantitative estimate of drug-likeness (QED) is 0.846. The summed E-state index contributed by atoms with van der Waals surface area (Å²) in [4.78, 5) is 26.9. The summed E-state index contributed by atoms with van der Waals surface area (Å²) < 4.78 is 0. The molecule has 0 aromatic carbocycles. The molecule has 3 aliphatic rings. The Kier molecular flexibility index (Phi) is 3.14. The molecule has 7 heteroatoms. The van der Waals surface area contributed by atoms with E-state index in [0.29, 0.717) is 35.9 Å². The fraction of sp³-hybridized carbons (Fsp3) is 0.500. The Morgan fingerprint density at radius 2 is 2.00 bits per heavy atom. The molecule has 2 aliphatic carbocycles. The van der Waals surface area contributed by atoms with Crippen LogP contribution in [0.3, 0.4) is 0 Å². The van der Waals surface area contributed by atoms with E-state index in [0.717, 1.165) is 17.9 Å². The van der Waals surface area contributed by atoms with Crippen LogP contribution in [0.15, 0.2) is 21.2 Å². The third kappa shape index (κ3) is 2.56. The van der Waals surface area contributed by atoms with Gasteiger partial charge in [0.25, 0.3) is 5.91 Å². The maximum Gasteiger partial charge on any atom is 0.332 e. The van der Waals surface area contributed by atoms with Crippen LogP contribution in [0.25, 0.3) is 0 Å². The van der Waals surface area contributed by atoms with E-state index in [1.807, 2.05) is 0 Å². The molecule has 0 aromatic rings. The Hall–Kier alpha value is -1.63. The predicted molar refractivity (Wildman–Crippen MR) is 70.8 cm³/mol. The van der Waals surface area contributed by atoms with Crippen molar-refractivity contribution >= 4 is 33.8 Å². The fourth-order valence-corrected chi connectivity index (χ4v) is 3.02. The summed E-state index contributed by atoms with van der Waals surface area (Å²) in [6, 6.07) is 0. The van der Waals surface area contributed by atoms with Gasteiger partial charge in [-0.1, -0.05) is 0 Å². The van der Waals surface area contributed by atoms with Gasteiger partial charge < -0.3 is 5.11 Å². The summed E-state index contributed by atoms with van der Waals surface area (Å²) in [5.41, 5.74) is 4.38. The molecule has 1 aliphatic heterocycles. The first-order valence-electron chi connectivity index (χ1n) is 6.20. The molecule has 1 N–H and O–H groups in total. The smallest absolute Gasteiger partial charge is 0.332 e. The number of hydrogen-bond acceptors (Lipinski definition) is 4. The van der Waals surface area contributed by atoms with Crippen LogP contribution in [0.5, 0.6) is 0 Å². The fourth-order valence-electron chi connectivity index (χ4n) is 2.14. The molecule has 6 nitrogen and oxygen atoms in total. The normalized spacial score (nSPS) is 24.6. The van der Waals surface area contributed by atoms with Crippen LogP contribution in [0.4, 0.5) is 0 Å². The minimum Gasteiger partial charge on any atom is -0.478 e. The summed E-state index contributed by atoms with van der Waals surface area (Å²) >= 11 is 1.32. The number of rotatable bonds is 3. The molecule has 1 heterocycles. The van der Waals surface area contributed by atoms with Gasteiger partial charge in [0.05, 0.1) is 0 Å². The highest BCUT2D eigenvalue weighted by molar-refractivity contribution is 8.27. The van der Waals surface area contributed by atoms with Gasteiger partial charge in [0.1, 0.15) is 5.04 Å². The third-order valence-electron chi connectivity index (χ3n) is 3.29. The molecule has 3 rings (SSSR count). The number of hydrogen-bond donors (Lipinski definition) is 1. The maximum absolute atomic E-state index is 12.0. The van der Waals surface area contributed by atoms with Crippen molar-refractivity contribution in [3.05, 3.63) is 11.1 Å². The largest absolute Gasteiger partial charge is 0.478 e. The Morgan fingerprint density at radius 3 is 2.68 bits per heavy atom. The van der Waals surface area contributed by atoms with E-state index in [2.05, 4.69) is 15.5 Å². The maximum atomic E-state index is 12.0. The predicted octanol–water partition coefficient (Wildman–Crippen LogP) is 1.51. The van der Waals surface area contributed by atoms with E-state index in [1.54, 1.807) is 0 Å². The van der Waals surface area contributed by atoms with E-state index in [9.17, 15) is 9.59 Å².